The van der Waals surface area contributed by atoms with Gasteiger partial charge in [0.05, 0.1) is 66.5 Å². The zero-order chi connectivity index (χ0) is 53.3. The first kappa shape index (κ1) is 44.0. The second-order valence-corrected chi connectivity index (χ2v) is 22.3. The molecule has 82 heavy (non-hydrogen) atoms. The molecule has 0 N–H and O–H groups in total. The minimum atomic E-state index is 1.16. The fraction of sp³-hybridized carbons (Fsp3) is 0. The summed E-state index contributed by atoms with van der Waals surface area (Å²) in [7, 11) is 0. The fourth-order valence-electron chi connectivity index (χ4n) is 14.8. The molecular weight excluding hydrogens is 993 g/mol. The molecule has 0 radical (unpaired) electrons. The molecule has 0 aliphatic rings. The van der Waals surface area contributed by atoms with E-state index in [1.54, 1.807) is 0 Å². The molecule has 6 heterocycles. The molecule has 0 bridgehead atoms. The maximum atomic E-state index is 2.61. The number of hydrogen-bond acceptors (Lipinski definition) is 0. The summed E-state index contributed by atoms with van der Waals surface area (Å²) in [6.45, 7) is 0. The summed E-state index contributed by atoms with van der Waals surface area (Å²) < 4.78 is 10.2. The molecule has 0 fully saturated rings. The van der Waals surface area contributed by atoms with Crippen LogP contribution in [0.3, 0.4) is 0 Å². The molecule has 0 amide bonds. The van der Waals surface area contributed by atoms with Crippen molar-refractivity contribution < 1.29 is 0 Å². The quantitative estimate of drug-likeness (QED) is 0.158. The summed E-state index contributed by atoms with van der Waals surface area (Å²) in [5.41, 5.74) is 24.0. The second kappa shape index (κ2) is 16.3. The summed E-state index contributed by atoms with van der Waals surface area (Å²) in [5.74, 6) is 0. The molecule has 0 aliphatic carbocycles. The van der Waals surface area contributed by atoms with Gasteiger partial charge in [-0.2, -0.15) is 0 Å². The molecule has 13 aromatic carbocycles. The standard InChI is InChI=1S/C78H46N4/c1-3-19-47(20-4-1)49-35-39-59-71(45-49)81-69-41-37-51(53-23-7-13-29-63(53)79-65-31-15-9-25-55(65)56-26-10-16-32-66(56)79)43-61(69)76-74-60-40-36-50(48-21-5-2-6-22-48)46-72(60)82-70-42-38-52(44-62(70)75(78(74)82)73(59)77(76)81)54-24-8-14-30-64(54)80-67-33-17-11-27-57(67)58-28-12-18-34-68(58)80/h1-46H. The van der Waals surface area contributed by atoms with Gasteiger partial charge in [-0.1, -0.05) is 206 Å². The van der Waals surface area contributed by atoms with Crippen molar-refractivity contribution in [3.63, 3.8) is 0 Å². The molecule has 0 spiro atoms. The highest BCUT2D eigenvalue weighted by Gasteiger charge is 2.30. The van der Waals surface area contributed by atoms with Crippen LogP contribution in [0.4, 0.5) is 0 Å². The number of hydrogen-bond donors (Lipinski definition) is 0. The molecule has 19 rings (SSSR count). The zero-order valence-electron chi connectivity index (χ0n) is 44.3. The van der Waals surface area contributed by atoms with Crippen LogP contribution in [0.15, 0.2) is 279 Å². The Kier molecular flexibility index (Phi) is 8.76. The first-order valence-electron chi connectivity index (χ1n) is 28.4. The monoisotopic (exact) mass is 1040 g/mol. The molecule has 4 heteroatoms. The Morgan fingerprint density at radius 2 is 0.512 bits per heavy atom. The van der Waals surface area contributed by atoms with Crippen LogP contribution < -0.4 is 0 Å². The van der Waals surface area contributed by atoms with Gasteiger partial charge in [0, 0.05) is 75.8 Å². The molecule has 4 nitrogen and oxygen atoms in total. The smallest absolute Gasteiger partial charge is 0.0634 e. The zero-order valence-corrected chi connectivity index (χ0v) is 44.3. The number of nitrogens with zero attached hydrogens (tertiary/aromatic N) is 4. The summed E-state index contributed by atoms with van der Waals surface area (Å²) in [4.78, 5) is 0. The number of fused-ring (bicyclic) bond motifs is 20. The van der Waals surface area contributed by atoms with E-state index in [0.29, 0.717) is 0 Å². The van der Waals surface area contributed by atoms with Crippen molar-refractivity contribution in [1.82, 2.24) is 17.9 Å². The van der Waals surface area contributed by atoms with Gasteiger partial charge in [-0.05, 0) is 106 Å². The van der Waals surface area contributed by atoms with Crippen LogP contribution in [0.1, 0.15) is 0 Å². The molecule has 0 aliphatic heterocycles. The number of para-hydroxylation sites is 6. The largest absolute Gasteiger partial charge is 0.309 e. The van der Waals surface area contributed by atoms with Gasteiger partial charge in [-0.25, -0.2) is 0 Å². The minimum absolute atomic E-state index is 1.16. The van der Waals surface area contributed by atoms with E-state index in [4.69, 9.17) is 0 Å². The summed E-state index contributed by atoms with van der Waals surface area (Å²) in [6, 6.07) is 104. The van der Waals surface area contributed by atoms with Crippen molar-refractivity contribution in [3.8, 4) is 55.9 Å². The van der Waals surface area contributed by atoms with E-state index < -0.39 is 0 Å². The summed E-state index contributed by atoms with van der Waals surface area (Å²) in [6.07, 6.45) is 0. The van der Waals surface area contributed by atoms with Gasteiger partial charge in [0.1, 0.15) is 0 Å². The summed E-state index contributed by atoms with van der Waals surface area (Å²) in [5, 5.41) is 15.2. The van der Waals surface area contributed by atoms with Crippen LogP contribution in [0.5, 0.6) is 0 Å². The topological polar surface area (TPSA) is 18.7 Å². The highest BCUT2D eigenvalue weighted by Crippen LogP contribution is 2.54. The Labute approximate surface area is 470 Å². The van der Waals surface area contributed by atoms with Gasteiger partial charge in [-0.15, -0.1) is 0 Å². The van der Waals surface area contributed by atoms with Crippen molar-refractivity contribution in [2.24, 2.45) is 0 Å². The lowest BCUT2D eigenvalue weighted by Gasteiger charge is -2.14. The Balaban J connectivity index is 0.955. The first-order valence-corrected chi connectivity index (χ1v) is 28.4. The van der Waals surface area contributed by atoms with Crippen LogP contribution in [0.2, 0.25) is 0 Å². The van der Waals surface area contributed by atoms with Crippen molar-refractivity contribution in [1.29, 1.82) is 0 Å². The Morgan fingerprint density at radius 1 is 0.183 bits per heavy atom. The minimum Gasteiger partial charge on any atom is -0.309 e. The van der Waals surface area contributed by atoms with Gasteiger partial charge < -0.3 is 17.9 Å². The van der Waals surface area contributed by atoms with Gasteiger partial charge in [0.25, 0.3) is 0 Å². The maximum absolute atomic E-state index is 2.61. The van der Waals surface area contributed by atoms with E-state index in [0.717, 1.165) is 11.4 Å². The Morgan fingerprint density at radius 3 is 0.915 bits per heavy atom. The van der Waals surface area contributed by atoms with E-state index in [2.05, 4.69) is 297 Å². The molecule has 6 aromatic heterocycles. The maximum Gasteiger partial charge on any atom is 0.0634 e. The van der Waals surface area contributed by atoms with E-state index in [1.165, 1.54) is 164 Å². The van der Waals surface area contributed by atoms with Gasteiger partial charge >= 0.3 is 0 Å². The highest BCUT2D eigenvalue weighted by atomic mass is 15.0. The lowest BCUT2D eigenvalue weighted by molar-refractivity contribution is 1.18. The van der Waals surface area contributed by atoms with Crippen molar-refractivity contribution in [2.45, 2.75) is 0 Å². The number of benzene rings is 13. The molecule has 0 unspecified atom stereocenters. The van der Waals surface area contributed by atoms with Crippen LogP contribution in [-0.2, 0) is 0 Å². The molecule has 378 valence electrons. The van der Waals surface area contributed by atoms with Crippen molar-refractivity contribution in [2.75, 3.05) is 0 Å². The SMILES string of the molecule is c1ccc(-c2ccc3c4c5c6cc(-c7ccccc7-n7c8ccccc8c8ccccc87)ccc6n6c7cc(-c8ccccc8)ccc7c(c7c8cc(-c9ccccc9-n9c%10ccccc%10c%10ccccc%109)ccc8n(c3c2)c74)c56)cc1. The van der Waals surface area contributed by atoms with Crippen LogP contribution >= 0.6 is 0 Å². The Hall–Kier alpha value is -10.9. The second-order valence-electron chi connectivity index (χ2n) is 22.3. The predicted octanol–water partition coefficient (Wildman–Crippen LogP) is 20.8. The first-order chi connectivity index (χ1) is 40.7. The molecule has 0 atom stereocenters. The number of aromatic nitrogens is 4. The third-order valence-corrected chi connectivity index (χ3v) is 18.2. The van der Waals surface area contributed by atoms with E-state index in [-0.39, 0.29) is 0 Å². The highest BCUT2D eigenvalue weighted by molar-refractivity contribution is 6.45. The van der Waals surface area contributed by atoms with Gasteiger partial charge in [0.2, 0.25) is 0 Å². The van der Waals surface area contributed by atoms with Gasteiger partial charge in [-0.3, -0.25) is 0 Å². The van der Waals surface area contributed by atoms with E-state index in [9.17, 15) is 0 Å². The molecule has 19 aromatic rings. The normalized spacial score (nSPS) is 12.4. The van der Waals surface area contributed by atoms with Crippen LogP contribution in [0.25, 0.3) is 176 Å². The van der Waals surface area contributed by atoms with E-state index >= 15 is 0 Å². The van der Waals surface area contributed by atoms with Crippen molar-refractivity contribution >= 4 is 120 Å². The Bertz CT molecular complexity index is 5400. The van der Waals surface area contributed by atoms with E-state index in [1.807, 2.05) is 0 Å². The van der Waals surface area contributed by atoms with Crippen molar-refractivity contribution in [3.05, 3.63) is 279 Å². The lowest BCUT2D eigenvalue weighted by atomic mass is 9.94. The average Bonchev–Trinajstić information content (AvgIpc) is 2.01. The summed E-state index contributed by atoms with van der Waals surface area (Å²) >= 11 is 0. The predicted molar refractivity (Wildman–Crippen MR) is 346 cm³/mol. The number of rotatable bonds is 6. The third-order valence-electron chi connectivity index (χ3n) is 18.2. The molecule has 0 saturated heterocycles. The third kappa shape index (κ3) is 5.79. The molecular formula is C78H46N4. The lowest BCUT2D eigenvalue weighted by Crippen LogP contribution is -1.97. The van der Waals surface area contributed by atoms with Gasteiger partial charge in [0.15, 0.2) is 0 Å². The van der Waals surface area contributed by atoms with Crippen LogP contribution in [-0.4, -0.2) is 17.9 Å². The van der Waals surface area contributed by atoms with Crippen LogP contribution in [0, 0.1) is 0 Å². The molecule has 0 saturated carbocycles. The fourth-order valence-corrected chi connectivity index (χ4v) is 14.8. The average molecular weight is 1040 g/mol.